The minimum Gasteiger partial charge on any atom is -0.271 e. The van der Waals surface area contributed by atoms with Crippen molar-refractivity contribution in [2.45, 2.75) is 19.5 Å². The van der Waals surface area contributed by atoms with E-state index in [4.69, 9.17) is 5.84 Å². The first-order valence-corrected chi connectivity index (χ1v) is 2.18. The van der Waals surface area contributed by atoms with Gasteiger partial charge in [-0.1, -0.05) is 0 Å². The first kappa shape index (κ1) is 6.85. The van der Waals surface area contributed by atoms with Crippen molar-refractivity contribution in [2.24, 2.45) is 5.84 Å². The van der Waals surface area contributed by atoms with Crippen molar-refractivity contribution < 1.29 is 4.39 Å². The number of rotatable bonds is 2. The quantitative estimate of drug-likeness (QED) is 0.390. The number of nitrogens with one attached hydrogen (secondary N) is 1. The molecule has 0 aliphatic rings. The summed E-state index contributed by atoms with van der Waals surface area (Å²) in [5, 5.41) is 0. The van der Waals surface area contributed by atoms with Crippen LogP contribution in [-0.2, 0) is 0 Å². The Hall–Kier alpha value is -0.150. The molecule has 2 nitrogen and oxygen atoms in total. The molecule has 0 aromatic carbocycles. The number of halogens is 1. The summed E-state index contributed by atoms with van der Waals surface area (Å²) in [6, 6.07) is 0. The molecule has 0 saturated heterocycles. The molecule has 0 amide bonds. The van der Waals surface area contributed by atoms with E-state index >= 15 is 0 Å². The molecule has 44 valence electrons. The van der Waals surface area contributed by atoms with Crippen LogP contribution in [0.3, 0.4) is 0 Å². The lowest BCUT2D eigenvalue weighted by Crippen LogP contribution is -2.35. The first-order chi connectivity index (χ1) is 3.06. The van der Waals surface area contributed by atoms with E-state index in [0.717, 1.165) is 0 Å². The van der Waals surface area contributed by atoms with Gasteiger partial charge in [-0.15, -0.1) is 0 Å². The van der Waals surface area contributed by atoms with Crippen molar-refractivity contribution in [1.29, 1.82) is 0 Å². The van der Waals surface area contributed by atoms with Gasteiger partial charge in [-0.3, -0.25) is 11.3 Å². The van der Waals surface area contributed by atoms with E-state index in [0.29, 0.717) is 0 Å². The number of nitrogens with two attached hydrogens (primary N) is 1. The van der Waals surface area contributed by atoms with Crippen LogP contribution in [-0.4, -0.2) is 12.2 Å². The lowest BCUT2D eigenvalue weighted by Gasteiger charge is -2.10. The minimum absolute atomic E-state index is 0.201. The Morgan fingerprint density at radius 1 is 1.71 bits per heavy atom. The van der Waals surface area contributed by atoms with Crippen LogP contribution in [0.2, 0.25) is 0 Å². The highest BCUT2D eigenvalue weighted by molar-refractivity contribution is 4.65. The Morgan fingerprint density at radius 2 is 2.14 bits per heavy atom. The summed E-state index contributed by atoms with van der Waals surface area (Å²) < 4.78 is 12.2. The molecular formula is C4H11FN2. The van der Waals surface area contributed by atoms with Crippen LogP contribution >= 0.6 is 0 Å². The summed E-state index contributed by atoms with van der Waals surface area (Å²) in [6.07, 6.45) is 0. The lowest BCUT2D eigenvalue weighted by molar-refractivity contribution is 0.211. The molecule has 0 aliphatic carbocycles. The molecule has 0 fully saturated rings. The van der Waals surface area contributed by atoms with Gasteiger partial charge in [0, 0.05) is 6.54 Å². The molecule has 3 N–H and O–H groups in total. The van der Waals surface area contributed by atoms with Crippen LogP contribution < -0.4 is 11.3 Å². The molecule has 7 heavy (non-hydrogen) atoms. The molecule has 0 spiro atoms. The lowest BCUT2D eigenvalue weighted by atomic mass is 10.2. The van der Waals surface area contributed by atoms with E-state index in [1.165, 1.54) is 13.8 Å². The smallest absolute Gasteiger partial charge is 0.119 e. The number of alkyl halides is 1. The van der Waals surface area contributed by atoms with Crippen molar-refractivity contribution in [3.8, 4) is 0 Å². The van der Waals surface area contributed by atoms with E-state index < -0.39 is 5.67 Å². The number of hydrazine groups is 1. The molecule has 0 atom stereocenters. The topological polar surface area (TPSA) is 38.0 Å². The molecule has 0 aromatic rings. The summed E-state index contributed by atoms with van der Waals surface area (Å²) >= 11 is 0. The molecule has 0 unspecified atom stereocenters. The van der Waals surface area contributed by atoms with Gasteiger partial charge in [0.1, 0.15) is 5.67 Å². The predicted octanol–water partition coefficient (Wildman–Crippen LogP) is 0.198. The van der Waals surface area contributed by atoms with Crippen LogP contribution in [0.5, 0.6) is 0 Å². The predicted molar refractivity (Wildman–Crippen MR) is 27.4 cm³/mol. The van der Waals surface area contributed by atoms with Gasteiger partial charge in [0.25, 0.3) is 0 Å². The Morgan fingerprint density at radius 3 is 2.14 bits per heavy atom. The summed E-state index contributed by atoms with van der Waals surface area (Å²) in [5.41, 5.74) is 1.05. The van der Waals surface area contributed by atoms with Crippen molar-refractivity contribution in [2.75, 3.05) is 6.54 Å². The molecule has 0 bridgehead atoms. The number of hydrogen-bond donors (Lipinski definition) is 2. The second kappa shape index (κ2) is 2.23. The third-order valence-electron chi connectivity index (χ3n) is 0.522. The fraction of sp³-hybridized carbons (Fsp3) is 1.00. The molecule has 3 heteroatoms. The molecule has 0 heterocycles. The summed E-state index contributed by atoms with van der Waals surface area (Å²) in [6.45, 7) is 3.13. The van der Waals surface area contributed by atoms with Gasteiger partial charge < -0.3 is 0 Å². The van der Waals surface area contributed by atoms with Crippen LogP contribution in [0.15, 0.2) is 0 Å². The fourth-order valence-electron chi connectivity index (χ4n) is 0.243. The Bertz CT molecular complexity index is 48.1. The van der Waals surface area contributed by atoms with Gasteiger partial charge in [0.2, 0.25) is 0 Å². The van der Waals surface area contributed by atoms with Crippen molar-refractivity contribution in [3.05, 3.63) is 0 Å². The van der Waals surface area contributed by atoms with Crippen LogP contribution in [0.1, 0.15) is 13.8 Å². The Balaban J connectivity index is 3.15. The zero-order valence-electron chi connectivity index (χ0n) is 4.66. The van der Waals surface area contributed by atoms with Crippen molar-refractivity contribution >= 4 is 0 Å². The highest BCUT2D eigenvalue weighted by atomic mass is 19.1. The Labute approximate surface area is 42.9 Å². The Kier molecular flexibility index (Phi) is 2.19. The second-order valence-electron chi connectivity index (χ2n) is 2.10. The third-order valence-corrected chi connectivity index (χ3v) is 0.522. The third kappa shape index (κ3) is 5.85. The SMILES string of the molecule is CC(C)(F)CNN. The van der Waals surface area contributed by atoms with Crippen molar-refractivity contribution in [1.82, 2.24) is 5.43 Å². The second-order valence-corrected chi connectivity index (χ2v) is 2.10. The van der Waals surface area contributed by atoms with Gasteiger partial charge in [-0.25, -0.2) is 4.39 Å². The van der Waals surface area contributed by atoms with Gasteiger partial charge in [-0.2, -0.15) is 0 Å². The molecule has 0 aliphatic heterocycles. The molecule has 0 saturated carbocycles. The largest absolute Gasteiger partial charge is 0.271 e. The average Bonchev–Trinajstić information content (AvgIpc) is 1.30. The highest BCUT2D eigenvalue weighted by Crippen LogP contribution is 2.03. The maximum atomic E-state index is 12.2. The molecule has 0 radical (unpaired) electrons. The summed E-state index contributed by atoms with van der Waals surface area (Å²) in [5.74, 6) is 4.82. The fourth-order valence-corrected chi connectivity index (χ4v) is 0.243. The van der Waals surface area contributed by atoms with Crippen LogP contribution in [0.4, 0.5) is 4.39 Å². The normalized spacial score (nSPS) is 12.0. The van der Waals surface area contributed by atoms with Crippen LogP contribution in [0, 0.1) is 0 Å². The van der Waals surface area contributed by atoms with Crippen LogP contribution in [0.25, 0.3) is 0 Å². The molecular weight excluding hydrogens is 95.1 g/mol. The maximum absolute atomic E-state index is 12.2. The van der Waals surface area contributed by atoms with Gasteiger partial charge in [0.05, 0.1) is 0 Å². The monoisotopic (exact) mass is 106 g/mol. The average molecular weight is 106 g/mol. The minimum atomic E-state index is -1.19. The zero-order chi connectivity index (χ0) is 5.91. The number of hydrogen-bond acceptors (Lipinski definition) is 2. The van der Waals surface area contributed by atoms with E-state index in [1.54, 1.807) is 0 Å². The molecule has 0 aromatic heterocycles. The zero-order valence-corrected chi connectivity index (χ0v) is 4.66. The van der Waals surface area contributed by atoms with E-state index in [9.17, 15) is 4.39 Å². The van der Waals surface area contributed by atoms with E-state index in [1.807, 2.05) is 0 Å². The standard InChI is InChI=1S/C4H11FN2/c1-4(2,5)3-7-6/h7H,3,6H2,1-2H3. The molecule has 0 rings (SSSR count). The summed E-state index contributed by atoms with van der Waals surface area (Å²) in [7, 11) is 0. The van der Waals surface area contributed by atoms with Crippen molar-refractivity contribution in [3.63, 3.8) is 0 Å². The van der Waals surface area contributed by atoms with Gasteiger partial charge in [0.15, 0.2) is 0 Å². The van der Waals surface area contributed by atoms with Gasteiger partial charge >= 0.3 is 0 Å². The highest BCUT2D eigenvalue weighted by Gasteiger charge is 2.12. The van der Waals surface area contributed by atoms with E-state index in [2.05, 4.69) is 5.43 Å². The summed E-state index contributed by atoms with van der Waals surface area (Å²) in [4.78, 5) is 0. The first-order valence-electron chi connectivity index (χ1n) is 2.18. The maximum Gasteiger partial charge on any atom is 0.119 e. The van der Waals surface area contributed by atoms with E-state index in [-0.39, 0.29) is 6.54 Å². The van der Waals surface area contributed by atoms with Gasteiger partial charge in [-0.05, 0) is 13.8 Å².